The smallest absolute Gasteiger partial charge is 0.249 e. The largest absolute Gasteiger partial charge is 0.282 e. The number of nitrogens with one attached hydrogen (secondary N) is 1. The molecule has 1 aromatic carbocycles. The zero-order valence-corrected chi connectivity index (χ0v) is 11.3. The first kappa shape index (κ1) is 14.1. The van der Waals surface area contributed by atoms with Crippen LogP contribution >= 0.6 is 23.2 Å². The van der Waals surface area contributed by atoms with Crippen LogP contribution in [0.15, 0.2) is 18.2 Å². The lowest BCUT2D eigenvalue weighted by Gasteiger charge is -2.11. The second kappa shape index (κ2) is 5.58. The molecular weight excluding hydrogens is 283 g/mol. The van der Waals surface area contributed by atoms with Gasteiger partial charge in [-0.25, -0.2) is 8.42 Å². The van der Waals surface area contributed by atoms with Crippen LogP contribution in [0.5, 0.6) is 0 Å². The Morgan fingerprint density at radius 2 is 1.88 bits per heavy atom. The van der Waals surface area contributed by atoms with Crippen molar-refractivity contribution in [1.29, 1.82) is 5.26 Å². The van der Waals surface area contributed by atoms with Gasteiger partial charge in [-0.15, -0.1) is 0 Å². The summed E-state index contributed by atoms with van der Waals surface area (Å²) in [4.78, 5) is 0. The minimum absolute atomic E-state index is 0.208. The number of rotatable bonds is 4. The van der Waals surface area contributed by atoms with Gasteiger partial charge in [-0.1, -0.05) is 30.1 Å². The van der Waals surface area contributed by atoms with E-state index in [2.05, 4.69) is 4.72 Å². The van der Waals surface area contributed by atoms with Gasteiger partial charge in [0, 0.05) is 10.0 Å². The third-order valence-electron chi connectivity index (χ3n) is 2.01. The highest BCUT2D eigenvalue weighted by atomic mass is 35.5. The van der Waals surface area contributed by atoms with Crippen LogP contribution in [0.4, 0.5) is 5.69 Å². The maximum Gasteiger partial charge on any atom is 0.249 e. The van der Waals surface area contributed by atoms with Crippen LogP contribution in [-0.2, 0) is 10.0 Å². The Morgan fingerprint density at radius 1 is 1.35 bits per heavy atom. The van der Waals surface area contributed by atoms with Gasteiger partial charge in [-0.05, 0) is 24.6 Å². The summed E-state index contributed by atoms with van der Waals surface area (Å²) in [6.45, 7) is 1.62. The molecule has 0 spiro atoms. The van der Waals surface area contributed by atoms with Gasteiger partial charge in [0.25, 0.3) is 0 Å². The fourth-order valence-corrected chi connectivity index (χ4v) is 2.92. The summed E-state index contributed by atoms with van der Waals surface area (Å²) >= 11 is 11.5. The summed E-state index contributed by atoms with van der Waals surface area (Å²) in [5, 5.41) is 8.27. The Balaban J connectivity index is 3.02. The third-order valence-corrected chi connectivity index (χ3v) is 4.16. The van der Waals surface area contributed by atoms with E-state index in [4.69, 9.17) is 28.5 Å². The molecule has 7 heteroatoms. The van der Waals surface area contributed by atoms with Crippen molar-refractivity contribution in [3.05, 3.63) is 28.2 Å². The first-order valence-electron chi connectivity index (χ1n) is 4.76. The van der Waals surface area contributed by atoms with Gasteiger partial charge in [0.2, 0.25) is 10.0 Å². The normalized spacial score (nSPS) is 12.8. The zero-order chi connectivity index (χ0) is 13.1. The summed E-state index contributed by atoms with van der Waals surface area (Å²) in [5.41, 5.74) is 0.246. The first-order valence-corrected chi connectivity index (χ1v) is 7.06. The Hall–Kier alpha value is -0.960. The van der Waals surface area contributed by atoms with E-state index < -0.39 is 15.3 Å². The van der Waals surface area contributed by atoms with Gasteiger partial charge in [-0.3, -0.25) is 4.72 Å². The van der Waals surface area contributed by atoms with Crippen LogP contribution < -0.4 is 4.72 Å². The molecule has 1 aromatic rings. The first-order chi connectivity index (χ1) is 7.89. The molecule has 17 heavy (non-hydrogen) atoms. The Bertz CT molecular complexity index is 532. The predicted molar refractivity (Wildman–Crippen MR) is 68.7 cm³/mol. The van der Waals surface area contributed by atoms with Gasteiger partial charge in [0.15, 0.2) is 5.25 Å². The minimum Gasteiger partial charge on any atom is -0.282 e. The average Bonchev–Trinajstić information content (AvgIpc) is 2.15. The lowest BCUT2D eigenvalue weighted by atomic mass is 10.3. The Labute approximate surface area is 110 Å². The summed E-state index contributed by atoms with van der Waals surface area (Å²) in [7, 11) is -3.74. The molecule has 0 radical (unpaired) electrons. The second-order valence-electron chi connectivity index (χ2n) is 3.33. The van der Waals surface area contributed by atoms with Gasteiger partial charge in [0.05, 0.1) is 11.8 Å². The maximum absolute atomic E-state index is 11.8. The van der Waals surface area contributed by atoms with Gasteiger partial charge < -0.3 is 0 Å². The van der Waals surface area contributed by atoms with E-state index in [0.717, 1.165) is 0 Å². The second-order valence-corrected chi connectivity index (χ2v) is 6.07. The fourth-order valence-electron chi connectivity index (χ4n) is 1.23. The number of hydrogen-bond acceptors (Lipinski definition) is 3. The fraction of sp³-hybridized carbons (Fsp3) is 0.300. The molecule has 0 aromatic heterocycles. The predicted octanol–water partition coefficient (Wildman–Crippen LogP) is 3.04. The lowest BCUT2D eigenvalue weighted by molar-refractivity contribution is 0.593. The number of nitrogens with zero attached hydrogens (tertiary/aromatic N) is 1. The molecule has 1 unspecified atom stereocenters. The number of hydrogen-bond donors (Lipinski definition) is 1. The van der Waals surface area contributed by atoms with E-state index in [1.54, 1.807) is 13.0 Å². The number of halogens is 2. The van der Waals surface area contributed by atoms with Crippen LogP contribution in [-0.4, -0.2) is 13.7 Å². The standard InChI is InChI=1S/C10H10Cl2N2O2S/c1-2-10(6-13)17(15,16)14-9-4-7(11)3-8(12)5-9/h3-5,10,14H,2H2,1H3. The minimum atomic E-state index is -3.74. The SMILES string of the molecule is CCC(C#N)S(=O)(=O)Nc1cc(Cl)cc(Cl)c1. The van der Waals surface area contributed by atoms with Crippen molar-refractivity contribution in [2.24, 2.45) is 0 Å². The van der Waals surface area contributed by atoms with Crippen molar-refractivity contribution in [2.45, 2.75) is 18.6 Å². The molecule has 0 bridgehead atoms. The molecule has 0 heterocycles. The number of sulfonamides is 1. The Morgan fingerprint density at radius 3 is 2.29 bits per heavy atom. The summed E-state index contributed by atoms with van der Waals surface area (Å²) in [6, 6.07) is 6.06. The highest BCUT2D eigenvalue weighted by Crippen LogP contribution is 2.24. The quantitative estimate of drug-likeness (QED) is 0.927. The third kappa shape index (κ3) is 3.77. The molecule has 0 saturated heterocycles. The molecule has 4 nitrogen and oxygen atoms in total. The topological polar surface area (TPSA) is 70.0 Å². The monoisotopic (exact) mass is 292 g/mol. The van der Waals surface area contributed by atoms with Crippen LogP contribution in [0.25, 0.3) is 0 Å². The lowest BCUT2D eigenvalue weighted by Crippen LogP contribution is -2.25. The summed E-state index contributed by atoms with van der Waals surface area (Å²) < 4.78 is 25.8. The molecule has 1 atom stereocenters. The van der Waals surface area contributed by atoms with E-state index >= 15 is 0 Å². The van der Waals surface area contributed by atoms with Crippen molar-refractivity contribution < 1.29 is 8.42 Å². The molecule has 0 aliphatic rings. The van der Waals surface area contributed by atoms with Crippen LogP contribution in [0.2, 0.25) is 10.0 Å². The van der Waals surface area contributed by atoms with Crippen molar-refractivity contribution in [1.82, 2.24) is 0 Å². The van der Waals surface area contributed by atoms with Crippen LogP contribution in [0, 0.1) is 11.3 Å². The highest BCUT2D eigenvalue weighted by Gasteiger charge is 2.23. The molecule has 1 rings (SSSR count). The molecule has 0 aliphatic carbocycles. The number of nitriles is 1. The molecule has 0 aliphatic heterocycles. The maximum atomic E-state index is 11.8. The number of benzene rings is 1. The molecule has 92 valence electrons. The summed E-state index contributed by atoms with van der Waals surface area (Å²) in [5.74, 6) is 0. The van der Waals surface area contributed by atoms with E-state index in [1.807, 2.05) is 0 Å². The van der Waals surface area contributed by atoms with Crippen LogP contribution in [0.3, 0.4) is 0 Å². The van der Waals surface area contributed by atoms with E-state index in [1.165, 1.54) is 18.2 Å². The van der Waals surface area contributed by atoms with Crippen molar-refractivity contribution in [2.75, 3.05) is 4.72 Å². The highest BCUT2D eigenvalue weighted by molar-refractivity contribution is 7.93. The molecule has 0 saturated carbocycles. The van der Waals surface area contributed by atoms with Crippen molar-refractivity contribution >= 4 is 38.9 Å². The zero-order valence-electron chi connectivity index (χ0n) is 8.94. The molecular formula is C10H10Cl2N2O2S. The van der Waals surface area contributed by atoms with E-state index in [-0.39, 0.29) is 12.1 Å². The van der Waals surface area contributed by atoms with E-state index in [9.17, 15) is 8.42 Å². The van der Waals surface area contributed by atoms with Crippen molar-refractivity contribution in [3.8, 4) is 6.07 Å². The van der Waals surface area contributed by atoms with E-state index in [0.29, 0.717) is 10.0 Å². The van der Waals surface area contributed by atoms with Gasteiger partial charge >= 0.3 is 0 Å². The van der Waals surface area contributed by atoms with Crippen LogP contribution in [0.1, 0.15) is 13.3 Å². The summed E-state index contributed by atoms with van der Waals surface area (Å²) in [6.07, 6.45) is 0.208. The van der Waals surface area contributed by atoms with Crippen molar-refractivity contribution in [3.63, 3.8) is 0 Å². The Kier molecular flexibility index (Phi) is 4.63. The molecule has 1 N–H and O–H groups in total. The van der Waals surface area contributed by atoms with Gasteiger partial charge in [0.1, 0.15) is 0 Å². The molecule has 0 fully saturated rings. The number of anilines is 1. The average molecular weight is 293 g/mol. The van der Waals surface area contributed by atoms with Gasteiger partial charge in [-0.2, -0.15) is 5.26 Å². The molecule has 0 amide bonds.